The van der Waals surface area contributed by atoms with Gasteiger partial charge in [0.1, 0.15) is 11.4 Å². The maximum absolute atomic E-state index is 12.3. The molecule has 0 saturated heterocycles. The molecule has 0 aliphatic rings. The molecule has 0 fully saturated rings. The largest absolute Gasteiger partial charge is 0.494 e. The van der Waals surface area contributed by atoms with Crippen molar-refractivity contribution in [1.82, 2.24) is 0 Å². The number of hydrogen-bond donors (Lipinski definition) is 1. The molecule has 6 nitrogen and oxygen atoms in total. The average Bonchev–Trinajstić information content (AvgIpc) is 2.51. The maximum atomic E-state index is 12.3. The highest BCUT2D eigenvalue weighted by Gasteiger charge is 2.19. The molecule has 120 valence electrons. The highest BCUT2D eigenvalue weighted by Crippen LogP contribution is 2.30. The first kappa shape index (κ1) is 17.1. The van der Waals surface area contributed by atoms with E-state index in [0.717, 1.165) is 0 Å². The van der Waals surface area contributed by atoms with Gasteiger partial charge in [-0.05, 0) is 37.3 Å². The van der Waals surface area contributed by atoms with Crippen LogP contribution in [0.5, 0.6) is 5.75 Å². The first-order valence-corrected chi connectivity index (χ1v) is 7.35. The average molecular weight is 355 g/mol. The number of nitro groups is 1. The van der Waals surface area contributed by atoms with E-state index < -0.39 is 10.8 Å². The summed E-state index contributed by atoms with van der Waals surface area (Å²) in [6, 6.07) is 8.59. The van der Waals surface area contributed by atoms with Crippen LogP contribution in [0, 0.1) is 10.1 Å². The van der Waals surface area contributed by atoms with Gasteiger partial charge in [-0.3, -0.25) is 14.9 Å². The normalized spacial score (nSPS) is 10.2. The molecule has 0 unspecified atom stereocenters. The van der Waals surface area contributed by atoms with E-state index in [-0.39, 0.29) is 22.0 Å². The second kappa shape index (κ2) is 7.30. The maximum Gasteiger partial charge on any atom is 0.296 e. The number of carbonyl (C=O) groups is 1. The molecule has 0 aromatic heterocycles. The topological polar surface area (TPSA) is 81.5 Å². The summed E-state index contributed by atoms with van der Waals surface area (Å²) in [5.41, 5.74) is -0.107. The Balaban J connectivity index is 2.33. The molecule has 0 aliphatic carbocycles. The summed E-state index contributed by atoms with van der Waals surface area (Å²) in [5.74, 6) is -0.247. The van der Waals surface area contributed by atoms with Crippen molar-refractivity contribution in [2.75, 3.05) is 11.9 Å². The Labute approximate surface area is 142 Å². The van der Waals surface area contributed by atoms with Gasteiger partial charge in [-0.2, -0.15) is 0 Å². The van der Waals surface area contributed by atoms with E-state index in [1.807, 2.05) is 0 Å². The molecule has 0 saturated carbocycles. The number of nitrogens with zero attached hydrogens (tertiary/aromatic N) is 1. The van der Waals surface area contributed by atoms with Crippen LogP contribution in [0.3, 0.4) is 0 Å². The van der Waals surface area contributed by atoms with Gasteiger partial charge in [0, 0.05) is 5.02 Å². The van der Waals surface area contributed by atoms with Gasteiger partial charge in [0.25, 0.3) is 11.6 Å². The number of nitrogens with one attached hydrogen (secondary N) is 1. The Morgan fingerprint density at radius 3 is 2.65 bits per heavy atom. The van der Waals surface area contributed by atoms with E-state index in [4.69, 9.17) is 27.9 Å². The number of amides is 1. The first-order chi connectivity index (χ1) is 10.9. The zero-order valence-corrected chi connectivity index (χ0v) is 13.5. The van der Waals surface area contributed by atoms with Gasteiger partial charge in [-0.15, -0.1) is 0 Å². The zero-order chi connectivity index (χ0) is 17.0. The van der Waals surface area contributed by atoms with Crippen molar-refractivity contribution >= 4 is 40.5 Å². The number of carbonyl (C=O) groups excluding carboxylic acids is 1. The third kappa shape index (κ3) is 4.12. The highest BCUT2D eigenvalue weighted by molar-refractivity contribution is 6.36. The van der Waals surface area contributed by atoms with Crippen LogP contribution in [0.25, 0.3) is 0 Å². The standard InChI is InChI=1S/C15H12Cl2N2O4/c1-2-23-10-4-6-13(14(8-10)19(21)22)18-15(20)11-7-9(16)3-5-12(11)17/h3-8H,2H2,1H3,(H,18,20). The van der Waals surface area contributed by atoms with Crippen molar-refractivity contribution in [3.05, 3.63) is 62.1 Å². The van der Waals surface area contributed by atoms with Crippen molar-refractivity contribution in [2.45, 2.75) is 6.92 Å². The molecule has 23 heavy (non-hydrogen) atoms. The molecular formula is C15H12Cl2N2O4. The lowest BCUT2D eigenvalue weighted by Crippen LogP contribution is -2.13. The molecule has 2 aromatic rings. The molecule has 0 spiro atoms. The lowest BCUT2D eigenvalue weighted by Gasteiger charge is -2.09. The minimum atomic E-state index is -0.599. The lowest BCUT2D eigenvalue weighted by molar-refractivity contribution is -0.384. The van der Waals surface area contributed by atoms with E-state index in [1.165, 1.54) is 30.3 Å². The molecule has 1 amide bonds. The molecule has 1 N–H and O–H groups in total. The van der Waals surface area contributed by atoms with Crippen molar-refractivity contribution in [1.29, 1.82) is 0 Å². The summed E-state index contributed by atoms with van der Waals surface area (Å²) in [5, 5.41) is 14.2. The summed E-state index contributed by atoms with van der Waals surface area (Å²) < 4.78 is 5.22. The van der Waals surface area contributed by atoms with Crippen LogP contribution in [0.2, 0.25) is 10.0 Å². The highest BCUT2D eigenvalue weighted by atomic mass is 35.5. The number of hydrogen-bond acceptors (Lipinski definition) is 4. The van der Waals surface area contributed by atoms with Gasteiger partial charge < -0.3 is 10.1 Å². The fourth-order valence-electron chi connectivity index (χ4n) is 1.89. The van der Waals surface area contributed by atoms with Crippen molar-refractivity contribution in [3.8, 4) is 5.75 Å². The van der Waals surface area contributed by atoms with Crippen molar-refractivity contribution in [2.24, 2.45) is 0 Å². The number of nitro benzene ring substituents is 1. The van der Waals surface area contributed by atoms with E-state index in [0.29, 0.717) is 17.4 Å². The van der Waals surface area contributed by atoms with E-state index >= 15 is 0 Å². The number of anilines is 1. The Kier molecular flexibility index (Phi) is 5.41. The molecule has 0 radical (unpaired) electrons. The molecule has 2 aromatic carbocycles. The predicted octanol–water partition coefficient (Wildman–Crippen LogP) is 4.55. The smallest absolute Gasteiger partial charge is 0.296 e. The lowest BCUT2D eigenvalue weighted by atomic mass is 10.2. The molecule has 0 atom stereocenters. The summed E-state index contributed by atoms with van der Waals surface area (Å²) in [6.45, 7) is 2.14. The summed E-state index contributed by atoms with van der Waals surface area (Å²) >= 11 is 11.8. The van der Waals surface area contributed by atoms with Crippen LogP contribution >= 0.6 is 23.2 Å². The van der Waals surface area contributed by atoms with Crippen LogP contribution in [-0.4, -0.2) is 17.4 Å². The predicted molar refractivity (Wildman–Crippen MR) is 88.7 cm³/mol. The van der Waals surface area contributed by atoms with Gasteiger partial charge >= 0.3 is 0 Å². The Hall–Kier alpha value is -2.31. The van der Waals surface area contributed by atoms with E-state index in [9.17, 15) is 14.9 Å². The van der Waals surface area contributed by atoms with Gasteiger partial charge in [-0.25, -0.2) is 0 Å². The van der Waals surface area contributed by atoms with Gasteiger partial charge in [0.2, 0.25) is 0 Å². The van der Waals surface area contributed by atoms with Crippen LogP contribution in [0.15, 0.2) is 36.4 Å². The second-order valence-corrected chi connectivity index (χ2v) is 5.29. The van der Waals surface area contributed by atoms with E-state index in [1.54, 1.807) is 13.0 Å². The SMILES string of the molecule is CCOc1ccc(NC(=O)c2cc(Cl)ccc2Cl)c([N+](=O)[O-])c1. The molecule has 0 aliphatic heterocycles. The quantitative estimate of drug-likeness (QED) is 0.630. The third-order valence-corrected chi connectivity index (χ3v) is 3.46. The first-order valence-electron chi connectivity index (χ1n) is 6.60. The Bertz CT molecular complexity index is 765. The minimum absolute atomic E-state index is 0.0412. The number of benzene rings is 2. The third-order valence-electron chi connectivity index (χ3n) is 2.90. The minimum Gasteiger partial charge on any atom is -0.494 e. The fraction of sp³-hybridized carbons (Fsp3) is 0.133. The number of rotatable bonds is 5. The van der Waals surface area contributed by atoms with Crippen molar-refractivity contribution in [3.63, 3.8) is 0 Å². The molecule has 0 heterocycles. The van der Waals surface area contributed by atoms with Crippen LogP contribution in [-0.2, 0) is 0 Å². The van der Waals surface area contributed by atoms with Crippen LogP contribution in [0.1, 0.15) is 17.3 Å². The zero-order valence-electron chi connectivity index (χ0n) is 12.0. The van der Waals surface area contributed by atoms with Crippen molar-refractivity contribution < 1.29 is 14.5 Å². The Morgan fingerprint density at radius 1 is 1.26 bits per heavy atom. The van der Waals surface area contributed by atoms with Gasteiger partial charge in [0.15, 0.2) is 0 Å². The van der Waals surface area contributed by atoms with Crippen LogP contribution < -0.4 is 10.1 Å². The molecular weight excluding hydrogens is 343 g/mol. The summed E-state index contributed by atoms with van der Waals surface area (Å²) in [6.07, 6.45) is 0. The van der Waals surface area contributed by atoms with Crippen LogP contribution in [0.4, 0.5) is 11.4 Å². The second-order valence-electron chi connectivity index (χ2n) is 4.45. The molecule has 8 heteroatoms. The summed E-state index contributed by atoms with van der Waals surface area (Å²) in [4.78, 5) is 22.8. The van der Waals surface area contributed by atoms with Gasteiger partial charge in [0.05, 0.1) is 28.2 Å². The van der Waals surface area contributed by atoms with Gasteiger partial charge in [-0.1, -0.05) is 23.2 Å². The number of ether oxygens (including phenoxy) is 1. The van der Waals surface area contributed by atoms with E-state index in [2.05, 4.69) is 5.32 Å². The summed E-state index contributed by atoms with van der Waals surface area (Å²) in [7, 11) is 0. The molecule has 0 bridgehead atoms. The molecule has 2 rings (SSSR count). The fourth-order valence-corrected chi connectivity index (χ4v) is 2.26. The monoisotopic (exact) mass is 354 g/mol. The Morgan fingerprint density at radius 2 is 2.00 bits per heavy atom. The number of halogens is 2.